The number of hydrogen-bond acceptors (Lipinski definition) is 7. The normalized spacial score (nSPS) is 21.3. The van der Waals surface area contributed by atoms with Crippen molar-refractivity contribution in [3.63, 3.8) is 0 Å². The van der Waals surface area contributed by atoms with Gasteiger partial charge in [-0.05, 0) is 19.9 Å². The highest BCUT2D eigenvalue weighted by molar-refractivity contribution is 6.21. The standard InChI is InChI=1S/C18H18N2O6/c1-4-25-16(22)13-14(19)26-9(2)12(15(21)24-3)18(13)10-7-5-6-8-11(10)20-17(18)23/h5-8H,4,19H2,1-3H3,(H,20,23)/t18-/m1/s1. The average molecular weight is 358 g/mol. The lowest BCUT2D eigenvalue weighted by Crippen LogP contribution is -2.48. The maximum Gasteiger partial charge on any atom is 0.341 e. The number of ether oxygens (including phenoxy) is 3. The summed E-state index contributed by atoms with van der Waals surface area (Å²) in [7, 11) is 1.18. The van der Waals surface area contributed by atoms with Gasteiger partial charge in [-0.3, -0.25) is 4.79 Å². The number of para-hydroxylation sites is 1. The number of carbonyl (C=O) groups excluding carboxylic acids is 3. The number of hydrogen-bond donors (Lipinski definition) is 2. The van der Waals surface area contributed by atoms with E-state index < -0.39 is 23.3 Å². The molecule has 0 saturated heterocycles. The number of allylic oxidation sites excluding steroid dienone is 1. The van der Waals surface area contributed by atoms with Crippen LogP contribution in [0.3, 0.4) is 0 Å². The zero-order valence-corrected chi connectivity index (χ0v) is 14.5. The Morgan fingerprint density at radius 2 is 1.92 bits per heavy atom. The second kappa shape index (κ2) is 6.21. The van der Waals surface area contributed by atoms with E-state index in [-0.39, 0.29) is 29.4 Å². The Labute approximate surface area is 149 Å². The lowest BCUT2D eigenvalue weighted by molar-refractivity contribution is -0.142. The van der Waals surface area contributed by atoms with Crippen molar-refractivity contribution in [2.45, 2.75) is 19.3 Å². The van der Waals surface area contributed by atoms with Crippen molar-refractivity contribution in [1.29, 1.82) is 0 Å². The van der Waals surface area contributed by atoms with E-state index in [0.29, 0.717) is 11.3 Å². The van der Waals surface area contributed by atoms with Crippen LogP contribution in [0.2, 0.25) is 0 Å². The Hall–Kier alpha value is -3.29. The molecule has 1 atom stereocenters. The number of nitrogens with one attached hydrogen (secondary N) is 1. The summed E-state index contributed by atoms with van der Waals surface area (Å²) in [6, 6.07) is 6.73. The Morgan fingerprint density at radius 3 is 2.58 bits per heavy atom. The maximum absolute atomic E-state index is 13.1. The summed E-state index contributed by atoms with van der Waals surface area (Å²) < 4.78 is 15.4. The van der Waals surface area contributed by atoms with Crippen LogP contribution in [0.25, 0.3) is 0 Å². The van der Waals surface area contributed by atoms with Gasteiger partial charge in [0, 0.05) is 11.3 Å². The molecule has 0 bridgehead atoms. The molecule has 2 aliphatic rings. The van der Waals surface area contributed by atoms with E-state index in [1.807, 2.05) is 0 Å². The molecular formula is C18H18N2O6. The number of esters is 2. The van der Waals surface area contributed by atoms with Gasteiger partial charge in [0.1, 0.15) is 22.3 Å². The summed E-state index contributed by atoms with van der Waals surface area (Å²) in [4.78, 5) is 38.4. The summed E-state index contributed by atoms with van der Waals surface area (Å²) in [5.74, 6) is -2.46. The van der Waals surface area contributed by atoms with E-state index >= 15 is 0 Å². The first-order valence-electron chi connectivity index (χ1n) is 7.95. The summed E-state index contributed by atoms with van der Waals surface area (Å²) in [5, 5.41) is 2.70. The Bertz CT molecular complexity index is 885. The lowest BCUT2D eigenvalue weighted by Gasteiger charge is -2.35. The van der Waals surface area contributed by atoms with Gasteiger partial charge in [0.25, 0.3) is 0 Å². The second-order valence-corrected chi connectivity index (χ2v) is 5.73. The number of benzene rings is 1. The minimum Gasteiger partial charge on any atom is -0.466 e. The molecule has 136 valence electrons. The third kappa shape index (κ3) is 2.18. The summed E-state index contributed by atoms with van der Waals surface area (Å²) >= 11 is 0. The van der Waals surface area contributed by atoms with Crippen LogP contribution in [0.4, 0.5) is 5.69 Å². The van der Waals surface area contributed by atoms with E-state index in [0.717, 1.165) is 0 Å². The number of anilines is 1. The van der Waals surface area contributed by atoms with E-state index in [9.17, 15) is 14.4 Å². The summed E-state index contributed by atoms with van der Waals surface area (Å²) in [6.07, 6.45) is 0. The highest BCUT2D eigenvalue weighted by Crippen LogP contribution is 2.52. The van der Waals surface area contributed by atoms with Crippen LogP contribution in [0.1, 0.15) is 19.4 Å². The molecule has 3 N–H and O–H groups in total. The van der Waals surface area contributed by atoms with Crippen molar-refractivity contribution in [2.24, 2.45) is 5.73 Å². The van der Waals surface area contributed by atoms with Crippen LogP contribution in [0.5, 0.6) is 0 Å². The first kappa shape index (κ1) is 17.5. The molecule has 0 aliphatic carbocycles. The van der Waals surface area contributed by atoms with Gasteiger partial charge in [-0.15, -0.1) is 0 Å². The number of nitrogens with two attached hydrogens (primary N) is 1. The molecule has 2 aliphatic heterocycles. The zero-order valence-electron chi connectivity index (χ0n) is 14.5. The SMILES string of the molecule is CCOC(=O)C1=C(N)OC(C)=C(C(=O)OC)[C@@]12C(=O)Nc1ccccc12. The predicted molar refractivity (Wildman–Crippen MR) is 90.4 cm³/mol. The quantitative estimate of drug-likeness (QED) is 0.777. The predicted octanol–water partition coefficient (Wildman–Crippen LogP) is 1.09. The number of rotatable bonds is 3. The molecule has 26 heavy (non-hydrogen) atoms. The second-order valence-electron chi connectivity index (χ2n) is 5.73. The average Bonchev–Trinajstić information content (AvgIpc) is 2.87. The van der Waals surface area contributed by atoms with Gasteiger partial charge in [-0.1, -0.05) is 18.2 Å². The lowest BCUT2D eigenvalue weighted by atomic mass is 9.67. The molecule has 8 heteroatoms. The molecule has 0 fully saturated rings. The smallest absolute Gasteiger partial charge is 0.341 e. The summed E-state index contributed by atoms with van der Waals surface area (Å²) in [6.45, 7) is 3.16. The fourth-order valence-corrected chi connectivity index (χ4v) is 3.45. The van der Waals surface area contributed by atoms with Crippen molar-refractivity contribution >= 4 is 23.5 Å². The molecule has 0 saturated carbocycles. The first-order chi connectivity index (χ1) is 12.4. The fraction of sp³-hybridized carbons (Fsp3) is 0.278. The van der Waals surface area contributed by atoms with Gasteiger partial charge in [-0.25, -0.2) is 9.59 Å². The van der Waals surface area contributed by atoms with Gasteiger partial charge < -0.3 is 25.3 Å². The van der Waals surface area contributed by atoms with E-state index in [4.69, 9.17) is 19.9 Å². The van der Waals surface area contributed by atoms with E-state index in [1.165, 1.54) is 14.0 Å². The van der Waals surface area contributed by atoms with Crippen molar-refractivity contribution in [1.82, 2.24) is 0 Å². The Morgan fingerprint density at radius 1 is 1.23 bits per heavy atom. The van der Waals surface area contributed by atoms with Crippen LogP contribution in [0, 0.1) is 0 Å². The van der Waals surface area contributed by atoms with Crippen molar-refractivity contribution in [2.75, 3.05) is 19.0 Å². The molecule has 0 unspecified atom stereocenters. The number of methoxy groups -OCH3 is 1. The summed E-state index contributed by atoms with van der Waals surface area (Å²) in [5.41, 5.74) is 4.67. The van der Waals surface area contributed by atoms with Gasteiger partial charge >= 0.3 is 11.9 Å². The number of carbonyl (C=O) groups is 3. The molecular weight excluding hydrogens is 340 g/mol. The van der Waals surface area contributed by atoms with Crippen molar-refractivity contribution in [3.05, 3.63) is 52.6 Å². The first-order valence-corrected chi connectivity index (χ1v) is 7.95. The minimum atomic E-state index is -1.80. The van der Waals surface area contributed by atoms with Gasteiger partial charge in [0.15, 0.2) is 0 Å². The van der Waals surface area contributed by atoms with E-state index in [1.54, 1.807) is 31.2 Å². The highest BCUT2D eigenvalue weighted by atomic mass is 16.5. The molecule has 1 amide bonds. The molecule has 8 nitrogen and oxygen atoms in total. The molecule has 0 aromatic heterocycles. The third-order valence-corrected chi connectivity index (χ3v) is 4.40. The highest BCUT2D eigenvalue weighted by Gasteiger charge is 2.61. The van der Waals surface area contributed by atoms with Crippen LogP contribution in [-0.4, -0.2) is 31.6 Å². The van der Waals surface area contributed by atoms with Crippen LogP contribution >= 0.6 is 0 Å². The molecule has 1 aromatic carbocycles. The largest absolute Gasteiger partial charge is 0.466 e. The molecule has 0 radical (unpaired) electrons. The van der Waals surface area contributed by atoms with Gasteiger partial charge in [0.05, 0.1) is 13.7 Å². The van der Waals surface area contributed by atoms with Crippen molar-refractivity contribution in [3.8, 4) is 0 Å². The van der Waals surface area contributed by atoms with Crippen molar-refractivity contribution < 1.29 is 28.6 Å². The number of amides is 1. The molecule has 3 rings (SSSR count). The number of fused-ring (bicyclic) bond motifs is 2. The monoisotopic (exact) mass is 358 g/mol. The van der Waals surface area contributed by atoms with Crippen LogP contribution in [0.15, 0.2) is 47.1 Å². The van der Waals surface area contributed by atoms with Crippen LogP contribution < -0.4 is 11.1 Å². The van der Waals surface area contributed by atoms with Gasteiger partial charge in [0.2, 0.25) is 11.8 Å². The Balaban J connectivity index is 2.40. The Kier molecular flexibility index (Phi) is 4.19. The fourth-order valence-electron chi connectivity index (χ4n) is 3.45. The zero-order chi connectivity index (χ0) is 19.1. The molecule has 1 spiro atoms. The minimum absolute atomic E-state index is 0.0607. The topological polar surface area (TPSA) is 117 Å². The maximum atomic E-state index is 13.1. The van der Waals surface area contributed by atoms with Crippen LogP contribution in [-0.2, 0) is 34.0 Å². The molecule has 2 heterocycles. The van der Waals surface area contributed by atoms with Gasteiger partial charge in [-0.2, -0.15) is 0 Å². The molecule has 1 aromatic rings. The van der Waals surface area contributed by atoms with E-state index in [2.05, 4.69) is 5.32 Å². The third-order valence-electron chi connectivity index (χ3n) is 4.40.